The number of nitrogens with one attached hydrogen (secondary N) is 1. The molecule has 0 saturated carbocycles. The first-order valence-electron chi connectivity index (χ1n) is 9.92. The average Bonchev–Trinajstić information content (AvgIpc) is 3.31. The number of aromatic nitrogens is 1. The Morgan fingerprint density at radius 2 is 1.87 bits per heavy atom. The second-order valence-electron chi connectivity index (χ2n) is 7.23. The largest absolute Gasteiger partial charge is 0.356 e. The highest BCUT2D eigenvalue weighted by atomic mass is 35.5. The van der Waals surface area contributed by atoms with Crippen molar-refractivity contribution in [3.8, 4) is 6.07 Å². The number of pyridine rings is 1. The number of benzene rings is 2. The summed E-state index contributed by atoms with van der Waals surface area (Å²) in [5, 5.41) is 13.0. The first kappa shape index (κ1) is 19.9. The second-order valence-corrected chi connectivity index (χ2v) is 7.64. The Bertz CT molecular complexity index is 1090. The van der Waals surface area contributed by atoms with Crippen molar-refractivity contribution in [2.75, 3.05) is 23.3 Å². The van der Waals surface area contributed by atoms with Crippen molar-refractivity contribution in [3.63, 3.8) is 0 Å². The molecular weight excluding hydrogens is 396 g/mol. The lowest BCUT2D eigenvalue weighted by Gasteiger charge is -2.19. The van der Waals surface area contributed by atoms with Crippen molar-refractivity contribution in [1.29, 1.82) is 5.26 Å². The molecule has 3 aromatic rings. The number of hydrogen-bond acceptors (Lipinski definition) is 4. The lowest BCUT2D eigenvalue weighted by molar-refractivity contribution is 0.102. The summed E-state index contributed by atoms with van der Waals surface area (Å²) in [6.45, 7) is 1.82. The van der Waals surface area contributed by atoms with Gasteiger partial charge in [0, 0.05) is 30.0 Å². The zero-order valence-electron chi connectivity index (χ0n) is 16.4. The second kappa shape index (κ2) is 8.98. The van der Waals surface area contributed by atoms with Crippen molar-refractivity contribution in [2.45, 2.75) is 18.8 Å². The molecule has 1 fully saturated rings. The van der Waals surface area contributed by atoms with Crippen LogP contribution in [-0.2, 0) is 0 Å². The van der Waals surface area contributed by atoms with Crippen LogP contribution in [0.3, 0.4) is 0 Å². The van der Waals surface area contributed by atoms with Crippen molar-refractivity contribution in [3.05, 3.63) is 88.6 Å². The minimum Gasteiger partial charge on any atom is -0.356 e. The lowest BCUT2D eigenvalue weighted by Crippen LogP contribution is -2.24. The fourth-order valence-electron chi connectivity index (χ4n) is 3.76. The first-order chi connectivity index (χ1) is 14.7. The number of amides is 1. The Morgan fingerprint density at radius 3 is 2.57 bits per heavy atom. The molecule has 30 heavy (non-hydrogen) atoms. The van der Waals surface area contributed by atoms with Gasteiger partial charge < -0.3 is 10.2 Å². The van der Waals surface area contributed by atoms with E-state index < -0.39 is 5.92 Å². The SMILES string of the molecule is N#CC(c1ccccc1)c1ccc(NC(=O)c2cccnc2N2CCCC2)cc1Cl. The number of halogens is 1. The Balaban J connectivity index is 1.56. The molecule has 1 aromatic heterocycles. The molecule has 0 aliphatic carbocycles. The van der Waals surface area contributed by atoms with Gasteiger partial charge in [-0.3, -0.25) is 4.79 Å². The van der Waals surface area contributed by atoms with Gasteiger partial charge in [-0.1, -0.05) is 48.0 Å². The van der Waals surface area contributed by atoms with Gasteiger partial charge in [0.25, 0.3) is 5.91 Å². The Kier molecular flexibility index (Phi) is 5.97. The summed E-state index contributed by atoms with van der Waals surface area (Å²) < 4.78 is 0. The quantitative estimate of drug-likeness (QED) is 0.617. The molecular formula is C24H21ClN4O. The van der Waals surface area contributed by atoms with E-state index in [2.05, 4.69) is 21.3 Å². The van der Waals surface area contributed by atoms with Crippen molar-refractivity contribution < 1.29 is 4.79 Å². The van der Waals surface area contributed by atoms with Gasteiger partial charge >= 0.3 is 0 Å². The molecule has 0 spiro atoms. The zero-order valence-corrected chi connectivity index (χ0v) is 17.1. The summed E-state index contributed by atoms with van der Waals surface area (Å²) in [5.74, 6) is 0.0149. The zero-order chi connectivity index (χ0) is 20.9. The van der Waals surface area contributed by atoms with E-state index in [4.69, 9.17) is 11.6 Å². The van der Waals surface area contributed by atoms with Gasteiger partial charge in [0.05, 0.1) is 17.6 Å². The molecule has 4 rings (SSSR count). The summed E-state index contributed by atoms with van der Waals surface area (Å²) in [6, 6.07) is 20.6. The van der Waals surface area contributed by atoms with Crippen LogP contribution in [0.25, 0.3) is 0 Å². The predicted octanol–water partition coefficient (Wildman–Crippen LogP) is 5.24. The highest BCUT2D eigenvalue weighted by Crippen LogP contribution is 2.32. The summed E-state index contributed by atoms with van der Waals surface area (Å²) in [7, 11) is 0. The van der Waals surface area contributed by atoms with Gasteiger partial charge in [-0.15, -0.1) is 0 Å². The molecule has 1 N–H and O–H groups in total. The number of nitrogens with zero attached hydrogens (tertiary/aromatic N) is 3. The number of hydrogen-bond donors (Lipinski definition) is 1. The van der Waals surface area contributed by atoms with E-state index in [1.807, 2.05) is 30.3 Å². The van der Waals surface area contributed by atoms with Gasteiger partial charge in [0.2, 0.25) is 0 Å². The van der Waals surface area contributed by atoms with Crippen LogP contribution in [-0.4, -0.2) is 24.0 Å². The van der Waals surface area contributed by atoms with Gasteiger partial charge in [-0.2, -0.15) is 5.26 Å². The smallest absolute Gasteiger partial charge is 0.259 e. The van der Waals surface area contributed by atoms with Gasteiger partial charge in [-0.25, -0.2) is 4.98 Å². The summed E-state index contributed by atoms with van der Waals surface area (Å²) >= 11 is 6.49. The van der Waals surface area contributed by atoms with Crippen LogP contribution >= 0.6 is 11.6 Å². The summed E-state index contributed by atoms with van der Waals surface area (Å²) in [6.07, 6.45) is 3.92. The fourth-order valence-corrected chi connectivity index (χ4v) is 4.05. The third kappa shape index (κ3) is 4.14. The van der Waals surface area contributed by atoms with E-state index in [1.165, 1.54) is 0 Å². The van der Waals surface area contributed by atoms with Crippen molar-refractivity contribution in [1.82, 2.24) is 4.98 Å². The van der Waals surface area contributed by atoms with Gasteiger partial charge in [-0.05, 0) is 48.2 Å². The molecule has 0 radical (unpaired) electrons. The molecule has 1 amide bonds. The van der Waals surface area contributed by atoms with Gasteiger partial charge in [0.1, 0.15) is 5.82 Å². The standard InChI is InChI=1S/C24H21ClN4O/c25-22-15-18(10-11-19(22)21(16-26)17-7-2-1-3-8-17)28-24(30)20-9-6-12-27-23(20)29-13-4-5-14-29/h1-3,6-12,15,21H,4-5,13-14H2,(H,28,30). The van der Waals surface area contributed by atoms with Gasteiger partial charge in [0.15, 0.2) is 0 Å². The average molecular weight is 417 g/mol. The van der Waals surface area contributed by atoms with Crippen molar-refractivity contribution in [2.24, 2.45) is 0 Å². The molecule has 1 aliphatic heterocycles. The topological polar surface area (TPSA) is 69.0 Å². The molecule has 1 unspecified atom stereocenters. The first-order valence-corrected chi connectivity index (χ1v) is 10.3. The van der Waals surface area contributed by atoms with Crippen molar-refractivity contribution >= 4 is 29.0 Å². The van der Waals surface area contributed by atoms with Crippen LogP contribution in [0.1, 0.15) is 40.2 Å². The highest BCUT2D eigenvalue weighted by Gasteiger charge is 2.21. The number of carbonyl (C=O) groups excluding carboxylic acids is 1. The Morgan fingerprint density at radius 1 is 1.10 bits per heavy atom. The Labute approximate surface area is 180 Å². The van der Waals surface area contributed by atoms with Crippen LogP contribution in [0.5, 0.6) is 0 Å². The molecule has 1 atom stereocenters. The highest BCUT2D eigenvalue weighted by molar-refractivity contribution is 6.32. The molecule has 6 heteroatoms. The van der Waals surface area contributed by atoms with Crippen LogP contribution in [0.15, 0.2) is 66.9 Å². The predicted molar refractivity (Wildman–Crippen MR) is 119 cm³/mol. The summed E-state index contributed by atoms with van der Waals surface area (Å²) in [5.41, 5.74) is 2.71. The minimum atomic E-state index is -0.469. The third-order valence-corrected chi connectivity index (χ3v) is 5.60. The van der Waals surface area contributed by atoms with Crippen LogP contribution < -0.4 is 10.2 Å². The molecule has 1 aliphatic rings. The number of rotatable bonds is 5. The molecule has 1 saturated heterocycles. The fraction of sp³-hybridized carbons (Fsp3) is 0.208. The maximum Gasteiger partial charge on any atom is 0.259 e. The molecule has 0 bridgehead atoms. The number of nitriles is 1. The van der Waals surface area contributed by atoms with Crippen LogP contribution in [0.2, 0.25) is 5.02 Å². The molecule has 5 nitrogen and oxygen atoms in total. The van der Waals surface area contributed by atoms with E-state index in [0.29, 0.717) is 27.7 Å². The van der Waals surface area contributed by atoms with E-state index >= 15 is 0 Å². The number of anilines is 2. The van der Waals surface area contributed by atoms with Crippen LogP contribution in [0, 0.1) is 11.3 Å². The summed E-state index contributed by atoms with van der Waals surface area (Å²) in [4.78, 5) is 19.5. The third-order valence-electron chi connectivity index (χ3n) is 5.27. The van der Waals surface area contributed by atoms with E-state index in [9.17, 15) is 10.1 Å². The molecule has 2 heterocycles. The van der Waals surface area contributed by atoms with E-state index in [0.717, 1.165) is 31.5 Å². The maximum atomic E-state index is 12.9. The van der Waals surface area contributed by atoms with Crippen LogP contribution in [0.4, 0.5) is 11.5 Å². The molecule has 2 aromatic carbocycles. The van der Waals surface area contributed by atoms with E-state index in [1.54, 1.807) is 36.5 Å². The Hall–Kier alpha value is -3.36. The normalized spacial score (nSPS) is 14.2. The molecule has 150 valence electrons. The minimum absolute atomic E-state index is 0.228. The maximum absolute atomic E-state index is 12.9. The lowest BCUT2D eigenvalue weighted by atomic mass is 9.92. The monoisotopic (exact) mass is 416 g/mol. The number of carbonyl (C=O) groups is 1. The van der Waals surface area contributed by atoms with E-state index in [-0.39, 0.29) is 5.91 Å².